The Bertz CT molecular complexity index is 1220. The van der Waals surface area contributed by atoms with Gasteiger partial charge in [-0.1, -0.05) is 28.8 Å². The van der Waals surface area contributed by atoms with E-state index in [9.17, 15) is 13.2 Å². The van der Waals surface area contributed by atoms with Crippen LogP contribution in [0.1, 0.15) is 24.2 Å². The van der Waals surface area contributed by atoms with Crippen molar-refractivity contribution in [1.29, 1.82) is 0 Å². The van der Waals surface area contributed by atoms with Crippen molar-refractivity contribution < 1.29 is 22.4 Å². The summed E-state index contributed by atoms with van der Waals surface area (Å²) in [5, 5.41) is 10.6. The van der Waals surface area contributed by atoms with Gasteiger partial charge in [-0.15, -0.1) is 5.10 Å². The third-order valence-electron chi connectivity index (χ3n) is 4.89. The van der Waals surface area contributed by atoms with Gasteiger partial charge in [0.05, 0.1) is 27.7 Å². The number of rotatable bonds is 5. The first kappa shape index (κ1) is 22.4. The van der Waals surface area contributed by atoms with E-state index in [1.165, 1.54) is 28.6 Å². The number of ether oxygens (including phenoxy) is 1. The third-order valence-corrected chi connectivity index (χ3v) is 7.07. The van der Waals surface area contributed by atoms with E-state index < -0.39 is 15.9 Å². The Hall–Kier alpha value is -2.79. The van der Waals surface area contributed by atoms with Gasteiger partial charge >= 0.3 is 6.01 Å². The summed E-state index contributed by atoms with van der Waals surface area (Å²) in [5.74, 6) is -0.349. The summed E-state index contributed by atoms with van der Waals surface area (Å²) >= 11 is 6.12. The smallest absolute Gasteiger partial charge is 0.322 e. The average molecular weight is 477 g/mol. The molecule has 1 amide bonds. The zero-order valence-corrected chi connectivity index (χ0v) is 18.9. The summed E-state index contributed by atoms with van der Waals surface area (Å²) in [6.07, 6.45) is -0.382. The number of hydrogen-bond acceptors (Lipinski definition) is 7. The quantitative estimate of drug-likeness (QED) is 0.599. The van der Waals surface area contributed by atoms with E-state index in [0.29, 0.717) is 10.6 Å². The van der Waals surface area contributed by atoms with Gasteiger partial charge in [0.1, 0.15) is 0 Å². The highest BCUT2D eigenvalue weighted by Gasteiger charge is 2.32. The first-order valence-corrected chi connectivity index (χ1v) is 11.7. The molecule has 2 aromatic carbocycles. The largest absolute Gasteiger partial charge is 0.403 e. The lowest BCUT2D eigenvalue weighted by atomic mass is 10.2. The predicted molar refractivity (Wildman–Crippen MR) is 118 cm³/mol. The van der Waals surface area contributed by atoms with Gasteiger partial charge in [-0.25, -0.2) is 8.42 Å². The van der Waals surface area contributed by atoms with Gasteiger partial charge in [-0.3, -0.25) is 10.1 Å². The molecule has 0 spiro atoms. The van der Waals surface area contributed by atoms with Gasteiger partial charge < -0.3 is 9.15 Å². The highest BCUT2D eigenvalue weighted by molar-refractivity contribution is 7.89. The lowest BCUT2D eigenvalue weighted by molar-refractivity contribution is -0.0440. The highest BCUT2D eigenvalue weighted by Crippen LogP contribution is 2.27. The van der Waals surface area contributed by atoms with Crippen molar-refractivity contribution in [2.24, 2.45) is 0 Å². The van der Waals surface area contributed by atoms with Crippen LogP contribution in [0.4, 0.5) is 6.01 Å². The van der Waals surface area contributed by atoms with Crippen LogP contribution < -0.4 is 5.32 Å². The van der Waals surface area contributed by atoms with Gasteiger partial charge in [-0.05, 0) is 50.2 Å². The van der Waals surface area contributed by atoms with E-state index in [1.807, 2.05) is 13.8 Å². The fourth-order valence-corrected chi connectivity index (χ4v) is 5.25. The van der Waals surface area contributed by atoms with Crippen LogP contribution in [0, 0.1) is 0 Å². The minimum atomic E-state index is -3.69. The molecule has 32 heavy (non-hydrogen) atoms. The van der Waals surface area contributed by atoms with Crippen LogP contribution in [-0.4, -0.2) is 54.1 Å². The number of benzene rings is 2. The minimum Gasteiger partial charge on any atom is -0.403 e. The molecule has 1 saturated heterocycles. The lowest BCUT2D eigenvalue weighted by Crippen LogP contribution is -2.48. The molecule has 4 rings (SSSR count). The van der Waals surface area contributed by atoms with Crippen LogP contribution in [0.3, 0.4) is 0 Å². The molecular formula is C21H21ClN4O5S. The average Bonchev–Trinajstić information content (AvgIpc) is 3.21. The maximum absolute atomic E-state index is 12.9. The Labute approximate surface area is 190 Å². The molecule has 168 valence electrons. The second kappa shape index (κ2) is 8.99. The van der Waals surface area contributed by atoms with Crippen LogP contribution in [0.5, 0.6) is 0 Å². The molecule has 0 bridgehead atoms. The first-order chi connectivity index (χ1) is 15.2. The minimum absolute atomic E-state index is 0.0992. The zero-order chi connectivity index (χ0) is 22.9. The van der Waals surface area contributed by atoms with E-state index >= 15 is 0 Å². The molecule has 0 radical (unpaired) electrons. The lowest BCUT2D eigenvalue weighted by Gasteiger charge is -2.34. The van der Waals surface area contributed by atoms with E-state index in [1.54, 1.807) is 24.3 Å². The number of carbonyl (C=O) groups is 1. The number of nitrogens with zero attached hydrogens (tertiary/aromatic N) is 3. The fourth-order valence-electron chi connectivity index (χ4n) is 3.44. The van der Waals surface area contributed by atoms with Crippen molar-refractivity contribution in [3.63, 3.8) is 0 Å². The molecule has 11 heteroatoms. The number of hydrogen-bond donors (Lipinski definition) is 1. The molecule has 0 saturated carbocycles. The van der Waals surface area contributed by atoms with Crippen molar-refractivity contribution in [2.75, 3.05) is 18.4 Å². The van der Waals surface area contributed by atoms with Crippen molar-refractivity contribution in [1.82, 2.24) is 14.5 Å². The van der Waals surface area contributed by atoms with E-state index in [2.05, 4.69) is 15.5 Å². The molecule has 1 aliphatic heterocycles. The van der Waals surface area contributed by atoms with Crippen LogP contribution in [-0.2, 0) is 14.8 Å². The van der Waals surface area contributed by atoms with Gasteiger partial charge in [0.2, 0.25) is 10.0 Å². The number of amides is 1. The summed E-state index contributed by atoms with van der Waals surface area (Å²) < 4.78 is 38.4. The van der Waals surface area contributed by atoms with E-state index in [-0.39, 0.29) is 47.7 Å². The Kier molecular flexibility index (Phi) is 6.29. The van der Waals surface area contributed by atoms with Gasteiger partial charge in [0.15, 0.2) is 0 Å². The van der Waals surface area contributed by atoms with Crippen LogP contribution in [0.15, 0.2) is 57.8 Å². The standard InChI is InChI=1S/C21H21ClN4O5S/c1-13-11-26(12-14(2)30-13)32(28,29)16-9-7-15(8-10-16)19(27)23-21-25-24-20(31-21)17-5-3-4-6-18(17)22/h3-10,13-14H,11-12H2,1-2H3,(H,23,25,27)/t13-,14-/m1/s1. The molecule has 1 N–H and O–H groups in total. The summed E-state index contributed by atoms with van der Waals surface area (Å²) in [7, 11) is -3.69. The molecule has 1 aliphatic rings. The fraction of sp³-hybridized carbons (Fsp3) is 0.286. The van der Waals surface area contributed by atoms with Crippen molar-refractivity contribution >= 4 is 33.5 Å². The number of nitrogens with one attached hydrogen (secondary N) is 1. The van der Waals surface area contributed by atoms with E-state index in [4.69, 9.17) is 20.8 Å². The monoisotopic (exact) mass is 476 g/mol. The number of sulfonamides is 1. The second-order valence-electron chi connectivity index (χ2n) is 7.45. The molecular weight excluding hydrogens is 456 g/mol. The Morgan fingerprint density at radius 1 is 1.06 bits per heavy atom. The molecule has 9 nitrogen and oxygen atoms in total. The third kappa shape index (κ3) is 4.68. The summed E-state index contributed by atoms with van der Waals surface area (Å²) in [6.45, 7) is 4.22. The Morgan fingerprint density at radius 2 is 1.72 bits per heavy atom. The number of halogens is 1. The number of anilines is 1. The molecule has 0 unspecified atom stereocenters. The Morgan fingerprint density at radius 3 is 2.38 bits per heavy atom. The Balaban J connectivity index is 1.46. The van der Waals surface area contributed by atoms with E-state index in [0.717, 1.165) is 0 Å². The maximum Gasteiger partial charge on any atom is 0.322 e. The second-order valence-corrected chi connectivity index (χ2v) is 9.80. The number of morpholine rings is 1. The van der Waals surface area contributed by atoms with Gasteiger partial charge in [0.25, 0.3) is 11.8 Å². The molecule has 1 aromatic heterocycles. The predicted octanol–water partition coefficient (Wildman–Crippen LogP) is 3.44. The van der Waals surface area contributed by atoms with Crippen molar-refractivity contribution in [3.8, 4) is 11.5 Å². The number of carbonyl (C=O) groups excluding carboxylic acids is 1. The molecule has 1 fully saturated rings. The van der Waals surface area contributed by atoms with Crippen LogP contribution in [0.25, 0.3) is 11.5 Å². The molecule has 3 aromatic rings. The molecule has 0 aliphatic carbocycles. The highest BCUT2D eigenvalue weighted by atomic mass is 35.5. The number of aromatic nitrogens is 2. The maximum atomic E-state index is 12.9. The molecule has 2 atom stereocenters. The van der Waals surface area contributed by atoms with Gasteiger partial charge in [-0.2, -0.15) is 4.31 Å². The van der Waals surface area contributed by atoms with Gasteiger partial charge in [0, 0.05) is 18.7 Å². The summed E-state index contributed by atoms with van der Waals surface area (Å²) in [4.78, 5) is 12.6. The first-order valence-electron chi connectivity index (χ1n) is 9.89. The summed E-state index contributed by atoms with van der Waals surface area (Å²) in [5.41, 5.74) is 0.786. The van der Waals surface area contributed by atoms with Crippen molar-refractivity contribution in [2.45, 2.75) is 31.0 Å². The molecule has 2 heterocycles. The SMILES string of the molecule is C[C@@H]1CN(S(=O)(=O)c2ccc(C(=O)Nc3nnc(-c4ccccc4Cl)o3)cc2)C[C@@H](C)O1. The van der Waals surface area contributed by atoms with Crippen LogP contribution in [0.2, 0.25) is 5.02 Å². The van der Waals surface area contributed by atoms with Crippen LogP contribution >= 0.6 is 11.6 Å². The zero-order valence-electron chi connectivity index (χ0n) is 17.4. The summed E-state index contributed by atoms with van der Waals surface area (Å²) in [6, 6.07) is 12.5. The van der Waals surface area contributed by atoms with Crippen molar-refractivity contribution in [3.05, 3.63) is 59.1 Å². The normalized spacial score (nSPS) is 19.6. The topological polar surface area (TPSA) is 115 Å².